The number of carboxylic acids is 1. The molecule has 0 aromatic rings. The Morgan fingerprint density at radius 3 is 2.54 bits per heavy atom. The van der Waals surface area contributed by atoms with E-state index in [1.54, 1.807) is 0 Å². The fourth-order valence-corrected chi connectivity index (χ4v) is 6.96. The Kier molecular flexibility index (Phi) is 4.21. The highest BCUT2D eigenvalue weighted by molar-refractivity contribution is 6.00. The van der Waals surface area contributed by atoms with Crippen molar-refractivity contribution in [2.24, 2.45) is 28.1 Å². The lowest BCUT2D eigenvalue weighted by Crippen LogP contribution is -2.61. The number of fused-ring (bicyclic) bond motifs is 3. The summed E-state index contributed by atoms with van der Waals surface area (Å²) in [4.78, 5) is 25.2. The minimum Gasteiger partial charge on any atom is -0.481 e. The van der Waals surface area contributed by atoms with Crippen molar-refractivity contribution < 1.29 is 14.7 Å². The van der Waals surface area contributed by atoms with Gasteiger partial charge in [0, 0.05) is 5.41 Å². The molecule has 3 fully saturated rings. The molecule has 1 unspecified atom stereocenters. The van der Waals surface area contributed by atoms with E-state index in [-0.39, 0.29) is 16.7 Å². The van der Waals surface area contributed by atoms with Crippen molar-refractivity contribution in [3.63, 3.8) is 0 Å². The van der Waals surface area contributed by atoms with Crippen molar-refractivity contribution in [2.45, 2.75) is 78.6 Å². The third-order valence-electron chi connectivity index (χ3n) is 8.01. The minimum absolute atomic E-state index is 0.0326. The third kappa shape index (κ3) is 2.16. The van der Waals surface area contributed by atoms with E-state index in [0.29, 0.717) is 11.7 Å². The molecule has 0 amide bonds. The molecule has 1 N–H and O–H groups in total. The van der Waals surface area contributed by atoms with Crippen LogP contribution in [-0.2, 0) is 9.59 Å². The molecule has 0 heterocycles. The maximum absolute atomic E-state index is 13.2. The van der Waals surface area contributed by atoms with E-state index in [2.05, 4.69) is 20.4 Å². The van der Waals surface area contributed by atoms with Gasteiger partial charge in [-0.1, -0.05) is 33.3 Å². The van der Waals surface area contributed by atoms with Crippen molar-refractivity contribution in [2.75, 3.05) is 0 Å². The smallest absolute Gasteiger partial charge is 0.309 e. The number of rotatable bonds is 3. The molecule has 0 bridgehead atoms. The molecule has 3 heteroatoms. The lowest BCUT2D eigenvalue weighted by molar-refractivity contribution is -0.183. The summed E-state index contributed by atoms with van der Waals surface area (Å²) in [7, 11) is 0. The fourth-order valence-electron chi connectivity index (χ4n) is 6.96. The van der Waals surface area contributed by atoms with Crippen LogP contribution in [0, 0.1) is 28.1 Å². The Bertz CT molecular complexity index is 580. The van der Waals surface area contributed by atoms with Gasteiger partial charge in [-0.3, -0.25) is 9.59 Å². The summed E-state index contributed by atoms with van der Waals surface area (Å²) in [6.45, 7) is 10.5. The second-order valence-corrected chi connectivity index (χ2v) is 9.10. The number of carbonyl (C=O) groups excluding carboxylic acids is 1. The van der Waals surface area contributed by atoms with E-state index < -0.39 is 11.4 Å². The minimum atomic E-state index is -0.645. The van der Waals surface area contributed by atoms with Gasteiger partial charge in [0.15, 0.2) is 5.78 Å². The lowest BCUT2D eigenvalue weighted by atomic mass is 9.39. The molecule has 3 aliphatic carbocycles. The van der Waals surface area contributed by atoms with Crippen molar-refractivity contribution in [1.29, 1.82) is 0 Å². The van der Waals surface area contributed by atoms with E-state index in [1.165, 1.54) is 0 Å². The van der Waals surface area contributed by atoms with E-state index in [0.717, 1.165) is 63.4 Å². The van der Waals surface area contributed by atoms with Crippen LogP contribution in [0.1, 0.15) is 78.6 Å². The zero-order valence-corrected chi connectivity index (χ0v) is 15.5. The Hall–Kier alpha value is -1.12. The van der Waals surface area contributed by atoms with Crippen LogP contribution >= 0.6 is 0 Å². The summed E-state index contributed by atoms with van der Waals surface area (Å²) in [5.41, 5.74) is -0.136. The molecule has 0 aromatic carbocycles. The normalized spacial score (nSPS) is 45.5. The first kappa shape index (κ1) is 17.7. The monoisotopic (exact) mass is 332 g/mol. The summed E-state index contributed by atoms with van der Waals surface area (Å²) in [5, 5.41) is 9.93. The first-order valence-electron chi connectivity index (χ1n) is 9.68. The van der Waals surface area contributed by atoms with Gasteiger partial charge in [0.05, 0.1) is 5.41 Å². The second kappa shape index (κ2) is 5.71. The van der Waals surface area contributed by atoms with Gasteiger partial charge in [0.1, 0.15) is 0 Å². The molecular weight excluding hydrogens is 300 g/mol. The van der Waals surface area contributed by atoms with Gasteiger partial charge in [-0.25, -0.2) is 0 Å². The number of allylic oxidation sites excluding steroid dienone is 1. The molecule has 0 spiro atoms. The van der Waals surface area contributed by atoms with Crippen LogP contribution < -0.4 is 0 Å². The quantitative estimate of drug-likeness (QED) is 0.740. The fraction of sp³-hybridized carbons (Fsp3) is 0.810. The van der Waals surface area contributed by atoms with Crippen LogP contribution in [0.4, 0.5) is 0 Å². The number of aliphatic carboxylic acids is 1. The van der Waals surface area contributed by atoms with Crippen LogP contribution in [0.3, 0.4) is 0 Å². The molecule has 0 aromatic heterocycles. The van der Waals surface area contributed by atoms with Crippen molar-refractivity contribution >= 4 is 11.8 Å². The van der Waals surface area contributed by atoms with Crippen LogP contribution in [0.15, 0.2) is 12.2 Å². The van der Waals surface area contributed by atoms with E-state index in [4.69, 9.17) is 0 Å². The maximum atomic E-state index is 13.2. The molecule has 0 saturated heterocycles. The van der Waals surface area contributed by atoms with Gasteiger partial charge < -0.3 is 5.11 Å². The molecule has 0 aliphatic heterocycles. The highest BCUT2D eigenvalue weighted by Gasteiger charge is 2.64. The highest BCUT2D eigenvalue weighted by Crippen LogP contribution is 2.68. The van der Waals surface area contributed by atoms with Gasteiger partial charge in [-0.2, -0.15) is 0 Å². The van der Waals surface area contributed by atoms with Crippen LogP contribution in [0.25, 0.3) is 0 Å². The van der Waals surface area contributed by atoms with Crippen molar-refractivity contribution in [1.82, 2.24) is 0 Å². The third-order valence-corrected chi connectivity index (χ3v) is 8.01. The van der Waals surface area contributed by atoms with Crippen LogP contribution in [0.5, 0.6) is 0 Å². The van der Waals surface area contributed by atoms with E-state index in [9.17, 15) is 14.7 Å². The second-order valence-electron chi connectivity index (χ2n) is 9.10. The molecule has 3 aliphatic rings. The predicted molar refractivity (Wildman–Crippen MR) is 94.6 cm³/mol. The lowest BCUT2D eigenvalue weighted by Gasteiger charge is -2.63. The van der Waals surface area contributed by atoms with Crippen molar-refractivity contribution in [3.8, 4) is 0 Å². The van der Waals surface area contributed by atoms with Gasteiger partial charge in [-0.15, -0.1) is 0 Å². The Labute approximate surface area is 145 Å². The van der Waals surface area contributed by atoms with Gasteiger partial charge in [0.2, 0.25) is 0 Å². The Morgan fingerprint density at radius 1 is 1.21 bits per heavy atom. The Balaban J connectivity index is 2.07. The van der Waals surface area contributed by atoms with E-state index in [1.807, 2.05) is 6.92 Å². The Morgan fingerprint density at radius 2 is 1.92 bits per heavy atom. The summed E-state index contributed by atoms with van der Waals surface area (Å²) in [6, 6.07) is 0. The topological polar surface area (TPSA) is 54.4 Å². The molecule has 134 valence electrons. The molecule has 0 radical (unpaired) electrons. The molecule has 3 rings (SSSR count). The number of Topliss-reactive ketones (excluding diaryl/α,β-unsaturated/α-hetero) is 1. The number of carboxylic acid groups (broad SMARTS) is 1. The average molecular weight is 332 g/mol. The van der Waals surface area contributed by atoms with Crippen LogP contribution in [0.2, 0.25) is 0 Å². The summed E-state index contributed by atoms with van der Waals surface area (Å²) >= 11 is 0. The number of carbonyl (C=O) groups is 2. The zero-order valence-electron chi connectivity index (χ0n) is 15.5. The number of ketones is 1. The summed E-state index contributed by atoms with van der Waals surface area (Å²) in [5.74, 6) is 0.155. The molecular formula is C21H32O3. The number of hydrogen-bond acceptors (Lipinski definition) is 2. The van der Waals surface area contributed by atoms with Gasteiger partial charge >= 0.3 is 5.97 Å². The van der Waals surface area contributed by atoms with Gasteiger partial charge in [-0.05, 0) is 74.7 Å². The standard InChI is InChI=1S/C21H32O3/c1-5-10-21-13-9-15-19(3,11-6-12-20(15,4)18(23)24)16(21)8-7-14(2)17(21)22/h15-16H,2,5-13H2,1,3-4H3,(H,23,24)/t15-,16?,19+,20+,21-/m0/s1. The largest absolute Gasteiger partial charge is 0.481 e. The molecule has 3 saturated carbocycles. The first-order valence-corrected chi connectivity index (χ1v) is 9.68. The zero-order chi connectivity index (χ0) is 17.8. The molecule has 24 heavy (non-hydrogen) atoms. The predicted octanol–water partition coefficient (Wildman–Crippen LogP) is 5.00. The summed E-state index contributed by atoms with van der Waals surface area (Å²) < 4.78 is 0. The van der Waals surface area contributed by atoms with Gasteiger partial charge in [0.25, 0.3) is 0 Å². The maximum Gasteiger partial charge on any atom is 0.309 e. The first-order chi connectivity index (χ1) is 11.2. The van der Waals surface area contributed by atoms with Crippen LogP contribution in [-0.4, -0.2) is 16.9 Å². The number of hydrogen-bond donors (Lipinski definition) is 1. The summed E-state index contributed by atoms with van der Waals surface area (Å²) in [6.07, 6.45) is 8.26. The highest BCUT2D eigenvalue weighted by atomic mass is 16.4. The molecule has 5 atom stereocenters. The average Bonchev–Trinajstić information content (AvgIpc) is 2.51. The van der Waals surface area contributed by atoms with Crippen molar-refractivity contribution in [3.05, 3.63) is 12.2 Å². The SMILES string of the molecule is C=C1CCC2[C@](CCC)(CC[C@@H]3[C@](C)(C(=O)O)CCC[C@@]23C)C1=O. The van der Waals surface area contributed by atoms with E-state index >= 15 is 0 Å². The molecule has 3 nitrogen and oxygen atoms in total.